The Morgan fingerprint density at radius 2 is 1.92 bits per heavy atom. The summed E-state index contributed by atoms with van der Waals surface area (Å²) in [5.74, 6) is 0.0595. The average molecular weight is 198 g/mol. The standard InChI is InChI=1S/C9H10O3S/c1-7(10)8-3-5-9(6-4-8)13-12-11-2/h3-6H,1-2H3. The highest BCUT2D eigenvalue weighted by Crippen LogP contribution is 2.19. The minimum Gasteiger partial charge on any atom is -0.295 e. The lowest BCUT2D eigenvalue weighted by Crippen LogP contribution is -1.90. The molecule has 0 unspecified atom stereocenters. The van der Waals surface area contributed by atoms with Gasteiger partial charge in [-0.2, -0.15) is 4.33 Å². The normalized spacial score (nSPS) is 10.0. The zero-order chi connectivity index (χ0) is 9.68. The van der Waals surface area contributed by atoms with Crippen LogP contribution in [0.4, 0.5) is 0 Å². The lowest BCUT2D eigenvalue weighted by molar-refractivity contribution is -0.160. The van der Waals surface area contributed by atoms with Crippen LogP contribution in [0.25, 0.3) is 0 Å². The first kappa shape index (κ1) is 10.2. The second kappa shape index (κ2) is 5.01. The molecule has 0 heterocycles. The Morgan fingerprint density at radius 3 is 2.38 bits per heavy atom. The SMILES string of the molecule is COOSc1ccc(C(C)=O)cc1. The Kier molecular flexibility index (Phi) is 3.95. The molecule has 0 saturated carbocycles. The van der Waals surface area contributed by atoms with Crippen LogP contribution in [-0.4, -0.2) is 12.9 Å². The number of hydrogen-bond donors (Lipinski definition) is 0. The maximum atomic E-state index is 10.9. The Hall–Kier alpha value is -0.840. The number of benzene rings is 1. The van der Waals surface area contributed by atoms with Crippen molar-refractivity contribution in [1.29, 1.82) is 0 Å². The van der Waals surface area contributed by atoms with Crippen molar-refractivity contribution in [3.8, 4) is 0 Å². The summed E-state index contributed by atoms with van der Waals surface area (Å²) in [5, 5.41) is 0. The van der Waals surface area contributed by atoms with Crippen molar-refractivity contribution in [3.63, 3.8) is 0 Å². The number of carbonyl (C=O) groups is 1. The van der Waals surface area contributed by atoms with Crippen molar-refractivity contribution in [1.82, 2.24) is 0 Å². The highest BCUT2D eigenvalue weighted by atomic mass is 32.2. The van der Waals surface area contributed by atoms with E-state index in [4.69, 9.17) is 0 Å². The molecule has 0 spiro atoms. The lowest BCUT2D eigenvalue weighted by atomic mass is 10.2. The molecule has 0 radical (unpaired) electrons. The summed E-state index contributed by atoms with van der Waals surface area (Å²) < 4.78 is 4.65. The van der Waals surface area contributed by atoms with Gasteiger partial charge in [0.1, 0.15) is 0 Å². The van der Waals surface area contributed by atoms with Crippen LogP contribution in [-0.2, 0) is 9.22 Å². The van der Waals surface area contributed by atoms with Gasteiger partial charge in [-0.1, -0.05) is 12.1 Å². The molecule has 0 atom stereocenters. The van der Waals surface area contributed by atoms with Gasteiger partial charge in [0.05, 0.1) is 19.2 Å². The van der Waals surface area contributed by atoms with E-state index in [1.807, 2.05) is 0 Å². The van der Waals surface area contributed by atoms with E-state index in [-0.39, 0.29) is 5.78 Å². The molecular formula is C9H10O3S. The molecule has 70 valence electrons. The number of Topliss-reactive ketones (excluding diaryl/α,β-unsaturated/α-hetero) is 1. The van der Waals surface area contributed by atoms with Crippen LogP contribution >= 0.6 is 12.0 Å². The largest absolute Gasteiger partial charge is 0.295 e. The molecule has 0 aliphatic carbocycles. The highest BCUT2D eigenvalue weighted by Gasteiger charge is 1.99. The van der Waals surface area contributed by atoms with Crippen LogP contribution in [0.3, 0.4) is 0 Å². The van der Waals surface area contributed by atoms with E-state index in [0.29, 0.717) is 5.56 Å². The van der Waals surface area contributed by atoms with E-state index >= 15 is 0 Å². The number of carbonyl (C=O) groups excluding carboxylic acids is 1. The van der Waals surface area contributed by atoms with Gasteiger partial charge >= 0.3 is 0 Å². The van der Waals surface area contributed by atoms with Gasteiger partial charge < -0.3 is 0 Å². The van der Waals surface area contributed by atoms with Gasteiger partial charge in [0.15, 0.2) is 5.78 Å². The van der Waals surface area contributed by atoms with Crippen LogP contribution in [0.15, 0.2) is 29.2 Å². The summed E-state index contributed by atoms with van der Waals surface area (Å²) in [7, 11) is 1.44. The summed E-state index contributed by atoms with van der Waals surface area (Å²) in [6.45, 7) is 1.54. The van der Waals surface area contributed by atoms with Gasteiger partial charge in [-0.05, 0) is 19.1 Å². The Morgan fingerprint density at radius 1 is 1.31 bits per heavy atom. The molecule has 0 aromatic heterocycles. The van der Waals surface area contributed by atoms with Crippen LogP contribution in [0.5, 0.6) is 0 Å². The monoisotopic (exact) mass is 198 g/mol. The van der Waals surface area contributed by atoms with Crippen molar-refractivity contribution in [2.24, 2.45) is 0 Å². The van der Waals surface area contributed by atoms with Crippen LogP contribution in [0.1, 0.15) is 17.3 Å². The van der Waals surface area contributed by atoms with E-state index < -0.39 is 0 Å². The summed E-state index contributed by atoms with van der Waals surface area (Å²) in [6, 6.07) is 7.12. The van der Waals surface area contributed by atoms with E-state index in [9.17, 15) is 4.79 Å². The molecular weight excluding hydrogens is 188 g/mol. The first-order valence-corrected chi connectivity index (χ1v) is 4.46. The predicted molar refractivity (Wildman–Crippen MR) is 50.4 cm³/mol. The van der Waals surface area contributed by atoms with E-state index in [0.717, 1.165) is 16.9 Å². The fourth-order valence-electron chi connectivity index (χ4n) is 0.819. The molecule has 4 heteroatoms. The second-order valence-corrected chi connectivity index (χ2v) is 3.17. The molecule has 0 aliphatic heterocycles. The molecule has 0 fully saturated rings. The number of ketones is 1. The third-order valence-corrected chi connectivity index (χ3v) is 2.13. The van der Waals surface area contributed by atoms with Crippen molar-refractivity contribution in [2.45, 2.75) is 11.8 Å². The molecule has 3 nitrogen and oxygen atoms in total. The Bertz CT molecular complexity index is 281. The predicted octanol–water partition coefficient (Wildman–Crippen LogP) is 2.47. The van der Waals surface area contributed by atoms with Crippen LogP contribution in [0, 0.1) is 0 Å². The molecule has 0 saturated heterocycles. The van der Waals surface area contributed by atoms with E-state index in [1.165, 1.54) is 14.0 Å². The van der Waals surface area contributed by atoms with E-state index in [1.54, 1.807) is 24.3 Å². The van der Waals surface area contributed by atoms with Crippen LogP contribution in [0.2, 0.25) is 0 Å². The van der Waals surface area contributed by atoms with Gasteiger partial charge in [0.25, 0.3) is 0 Å². The minimum atomic E-state index is 0.0595. The molecule has 0 amide bonds. The molecule has 1 aromatic carbocycles. The zero-order valence-corrected chi connectivity index (χ0v) is 8.26. The average Bonchev–Trinajstić information content (AvgIpc) is 2.15. The summed E-state index contributed by atoms with van der Waals surface area (Å²) in [6.07, 6.45) is 0. The topological polar surface area (TPSA) is 35.5 Å². The van der Waals surface area contributed by atoms with Crippen LogP contribution < -0.4 is 0 Å². The van der Waals surface area contributed by atoms with E-state index in [2.05, 4.69) is 9.22 Å². The smallest absolute Gasteiger partial charge is 0.159 e. The van der Waals surface area contributed by atoms with Crippen molar-refractivity contribution in [3.05, 3.63) is 29.8 Å². The van der Waals surface area contributed by atoms with Gasteiger partial charge in [-0.25, -0.2) is 4.89 Å². The highest BCUT2D eigenvalue weighted by molar-refractivity contribution is 7.94. The fourth-order valence-corrected chi connectivity index (χ4v) is 1.21. The van der Waals surface area contributed by atoms with Crippen molar-refractivity contribution in [2.75, 3.05) is 7.11 Å². The Labute approximate surface area is 81.2 Å². The molecule has 13 heavy (non-hydrogen) atoms. The first-order chi connectivity index (χ1) is 6.24. The molecule has 1 rings (SSSR count). The fraction of sp³-hybridized carbons (Fsp3) is 0.222. The lowest BCUT2D eigenvalue weighted by Gasteiger charge is -1.99. The van der Waals surface area contributed by atoms with Gasteiger partial charge in [-0.15, -0.1) is 0 Å². The third-order valence-electron chi connectivity index (χ3n) is 1.46. The number of rotatable bonds is 4. The second-order valence-electron chi connectivity index (χ2n) is 2.40. The Balaban J connectivity index is 2.64. The summed E-state index contributed by atoms with van der Waals surface area (Å²) in [4.78, 5) is 16.2. The quantitative estimate of drug-likeness (QED) is 0.322. The summed E-state index contributed by atoms with van der Waals surface area (Å²) >= 11 is 1.11. The minimum absolute atomic E-state index is 0.0595. The maximum Gasteiger partial charge on any atom is 0.159 e. The molecule has 0 bridgehead atoms. The van der Waals surface area contributed by atoms with Gasteiger partial charge in [0, 0.05) is 10.5 Å². The number of hydrogen-bond acceptors (Lipinski definition) is 4. The van der Waals surface area contributed by atoms with Crippen molar-refractivity contribution < 1.29 is 14.0 Å². The zero-order valence-electron chi connectivity index (χ0n) is 7.44. The third kappa shape index (κ3) is 3.18. The summed E-state index contributed by atoms with van der Waals surface area (Å²) in [5.41, 5.74) is 0.696. The maximum absolute atomic E-state index is 10.9. The molecule has 0 aliphatic rings. The van der Waals surface area contributed by atoms with Crippen molar-refractivity contribution >= 4 is 17.8 Å². The first-order valence-electron chi connectivity index (χ1n) is 3.72. The molecule has 0 N–H and O–H groups in total. The molecule has 1 aromatic rings. The van der Waals surface area contributed by atoms with Gasteiger partial charge in [0.2, 0.25) is 0 Å². The van der Waals surface area contributed by atoms with Gasteiger partial charge in [-0.3, -0.25) is 4.79 Å².